The van der Waals surface area contributed by atoms with Crippen LogP contribution in [0.4, 0.5) is 4.39 Å². The molecule has 28 heavy (non-hydrogen) atoms. The zero-order valence-corrected chi connectivity index (χ0v) is 17.1. The standard InChI is InChI=1S/C18H22FN3O4S2/c1-18-6-5-16(23)22(18)15(12-27-18)17(24)20-7-9-21(10-8-20)28(25,26)14-4-2-3-13(19)11-14/h2-4,11,15H,5-10,12H2,1H3. The van der Waals surface area contributed by atoms with Crippen LogP contribution in [0.2, 0.25) is 0 Å². The highest BCUT2D eigenvalue weighted by atomic mass is 32.2. The molecule has 152 valence electrons. The molecule has 0 radical (unpaired) electrons. The van der Waals surface area contributed by atoms with Crippen LogP contribution in [-0.4, -0.2) is 77.2 Å². The number of hydrogen-bond donors (Lipinski definition) is 0. The van der Waals surface area contributed by atoms with Crippen molar-refractivity contribution >= 4 is 33.6 Å². The molecular formula is C18H22FN3O4S2. The number of nitrogens with zero attached hydrogens (tertiary/aromatic N) is 3. The van der Waals surface area contributed by atoms with E-state index in [9.17, 15) is 22.4 Å². The van der Waals surface area contributed by atoms with Crippen molar-refractivity contribution in [2.24, 2.45) is 0 Å². The number of sulfonamides is 1. The number of thioether (sulfide) groups is 1. The molecule has 0 aliphatic carbocycles. The molecule has 4 rings (SSSR count). The SMILES string of the molecule is CC12CCC(=O)N1C(C(=O)N1CCN(S(=O)(=O)c3cccc(F)c3)CC1)CS2. The number of carbonyl (C=O) groups excluding carboxylic acids is 2. The molecule has 3 heterocycles. The van der Waals surface area contributed by atoms with Crippen molar-refractivity contribution in [2.75, 3.05) is 31.9 Å². The van der Waals surface area contributed by atoms with Gasteiger partial charge in [0.1, 0.15) is 11.9 Å². The number of halogens is 1. The van der Waals surface area contributed by atoms with Gasteiger partial charge in [-0.3, -0.25) is 9.59 Å². The van der Waals surface area contributed by atoms with Crippen LogP contribution in [0.5, 0.6) is 0 Å². The molecule has 3 saturated heterocycles. The van der Waals surface area contributed by atoms with Gasteiger partial charge in [-0.25, -0.2) is 12.8 Å². The summed E-state index contributed by atoms with van der Waals surface area (Å²) in [7, 11) is -3.80. The highest BCUT2D eigenvalue weighted by Crippen LogP contribution is 2.47. The first-order chi connectivity index (χ1) is 13.2. The number of rotatable bonds is 3. The van der Waals surface area contributed by atoms with E-state index < -0.39 is 21.9 Å². The van der Waals surface area contributed by atoms with Crippen LogP contribution >= 0.6 is 11.8 Å². The van der Waals surface area contributed by atoms with E-state index in [-0.39, 0.29) is 47.8 Å². The van der Waals surface area contributed by atoms with Gasteiger partial charge in [-0.2, -0.15) is 4.31 Å². The Labute approximate surface area is 167 Å². The van der Waals surface area contributed by atoms with Gasteiger partial charge in [-0.15, -0.1) is 11.8 Å². The summed E-state index contributed by atoms with van der Waals surface area (Å²) >= 11 is 1.64. The normalized spacial score (nSPS) is 28.6. The fourth-order valence-corrected chi connectivity index (χ4v) is 7.02. The van der Waals surface area contributed by atoms with Crippen molar-refractivity contribution < 1.29 is 22.4 Å². The Morgan fingerprint density at radius 3 is 2.64 bits per heavy atom. The predicted molar refractivity (Wildman–Crippen MR) is 102 cm³/mol. The highest BCUT2D eigenvalue weighted by Gasteiger charge is 2.53. The minimum Gasteiger partial charge on any atom is -0.338 e. The second-order valence-corrected chi connectivity index (χ2v) is 10.9. The van der Waals surface area contributed by atoms with E-state index in [1.54, 1.807) is 21.6 Å². The van der Waals surface area contributed by atoms with Crippen molar-refractivity contribution in [3.05, 3.63) is 30.1 Å². The lowest BCUT2D eigenvalue weighted by atomic mass is 10.2. The molecule has 2 amide bonds. The van der Waals surface area contributed by atoms with E-state index in [0.29, 0.717) is 12.2 Å². The van der Waals surface area contributed by atoms with E-state index in [0.717, 1.165) is 12.5 Å². The second-order valence-electron chi connectivity index (χ2n) is 7.45. The average molecular weight is 428 g/mol. The van der Waals surface area contributed by atoms with Crippen LogP contribution in [0.1, 0.15) is 19.8 Å². The van der Waals surface area contributed by atoms with Crippen molar-refractivity contribution in [3.63, 3.8) is 0 Å². The number of amides is 2. The van der Waals surface area contributed by atoms with Gasteiger partial charge < -0.3 is 9.80 Å². The number of hydrogen-bond acceptors (Lipinski definition) is 5. The van der Waals surface area contributed by atoms with Crippen molar-refractivity contribution in [2.45, 2.75) is 35.6 Å². The molecule has 2 atom stereocenters. The molecule has 0 saturated carbocycles. The molecule has 3 aliphatic heterocycles. The van der Waals surface area contributed by atoms with Crippen molar-refractivity contribution in [1.29, 1.82) is 0 Å². The topological polar surface area (TPSA) is 78.0 Å². The van der Waals surface area contributed by atoms with Gasteiger partial charge in [0.05, 0.1) is 9.77 Å². The molecule has 0 N–H and O–H groups in total. The Balaban J connectivity index is 1.43. The third-order valence-electron chi connectivity index (χ3n) is 5.71. The molecule has 3 fully saturated rings. The predicted octanol–water partition coefficient (Wildman–Crippen LogP) is 1.11. The monoisotopic (exact) mass is 427 g/mol. The van der Waals surface area contributed by atoms with Gasteiger partial charge in [0.15, 0.2) is 0 Å². The van der Waals surface area contributed by atoms with Gasteiger partial charge in [0.25, 0.3) is 0 Å². The fourth-order valence-electron chi connectivity index (χ4n) is 4.14. The minimum atomic E-state index is -3.80. The Hall–Kier alpha value is -1.65. The highest BCUT2D eigenvalue weighted by molar-refractivity contribution is 8.01. The molecule has 0 bridgehead atoms. The first-order valence-electron chi connectivity index (χ1n) is 9.23. The second kappa shape index (κ2) is 7.00. The summed E-state index contributed by atoms with van der Waals surface area (Å²) in [6, 6.07) is 4.46. The maximum absolute atomic E-state index is 13.4. The Morgan fingerprint density at radius 2 is 1.96 bits per heavy atom. The molecule has 0 spiro atoms. The van der Waals surface area contributed by atoms with Gasteiger partial charge in [-0.1, -0.05) is 6.07 Å². The lowest BCUT2D eigenvalue weighted by Gasteiger charge is -2.37. The summed E-state index contributed by atoms with van der Waals surface area (Å²) in [6.45, 7) is 2.81. The van der Waals surface area contributed by atoms with E-state index >= 15 is 0 Å². The largest absolute Gasteiger partial charge is 0.338 e. The van der Waals surface area contributed by atoms with Crippen LogP contribution in [0, 0.1) is 5.82 Å². The maximum atomic E-state index is 13.4. The summed E-state index contributed by atoms with van der Waals surface area (Å²) < 4.78 is 40.1. The van der Waals surface area contributed by atoms with Crippen molar-refractivity contribution in [1.82, 2.24) is 14.1 Å². The fraction of sp³-hybridized carbons (Fsp3) is 0.556. The third kappa shape index (κ3) is 3.21. The van der Waals surface area contributed by atoms with Crippen LogP contribution < -0.4 is 0 Å². The zero-order valence-electron chi connectivity index (χ0n) is 15.5. The molecular weight excluding hydrogens is 405 g/mol. The van der Waals surface area contributed by atoms with Crippen LogP contribution in [-0.2, 0) is 19.6 Å². The molecule has 10 heteroatoms. The number of carbonyl (C=O) groups is 2. The van der Waals surface area contributed by atoms with E-state index in [4.69, 9.17) is 0 Å². The molecule has 0 aromatic heterocycles. The van der Waals surface area contributed by atoms with Gasteiger partial charge >= 0.3 is 0 Å². The van der Waals surface area contributed by atoms with Crippen LogP contribution in [0.15, 0.2) is 29.2 Å². The van der Waals surface area contributed by atoms with Crippen LogP contribution in [0.25, 0.3) is 0 Å². The first-order valence-corrected chi connectivity index (χ1v) is 11.7. The summed E-state index contributed by atoms with van der Waals surface area (Å²) in [5.41, 5.74) is 0. The van der Waals surface area contributed by atoms with Gasteiger partial charge in [0, 0.05) is 38.4 Å². The van der Waals surface area contributed by atoms with E-state index in [1.165, 1.54) is 22.5 Å². The number of piperazine rings is 1. The third-order valence-corrected chi connectivity index (χ3v) is 9.11. The summed E-state index contributed by atoms with van der Waals surface area (Å²) in [5.74, 6) is -0.137. The smallest absolute Gasteiger partial charge is 0.246 e. The van der Waals surface area contributed by atoms with Gasteiger partial charge in [0.2, 0.25) is 21.8 Å². The summed E-state index contributed by atoms with van der Waals surface area (Å²) in [5, 5.41) is 0. The van der Waals surface area contributed by atoms with E-state index in [2.05, 4.69) is 0 Å². The van der Waals surface area contributed by atoms with Crippen LogP contribution in [0.3, 0.4) is 0 Å². The Morgan fingerprint density at radius 1 is 1.25 bits per heavy atom. The molecule has 3 aliphatic rings. The number of fused-ring (bicyclic) bond motifs is 1. The Kier molecular flexibility index (Phi) is 4.91. The summed E-state index contributed by atoms with van der Waals surface area (Å²) in [6.07, 6.45) is 1.22. The molecule has 7 nitrogen and oxygen atoms in total. The maximum Gasteiger partial charge on any atom is 0.246 e. The number of benzene rings is 1. The Bertz CT molecular complexity index is 917. The summed E-state index contributed by atoms with van der Waals surface area (Å²) in [4.78, 5) is 28.2. The van der Waals surface area contributed by atoms with Crippen molar-refractivity contribution in [3.8, 4) is 0 Å². The van der Waals surface area contributed by atoms with Gasteiger partial charge in [-0.05, 0) is 31.5 Å². The quantitative estimate of drug-likeness (QED) is 0.722. The first kappa shape index (κ1) is 19.7. The minimum absolute atomic E-state index is 0.0122. The van der Waals surface area contributed by atoms with E-state index in [1.807, 2.05) is 6.92 Å². The zero-order chi connectivity index (χ0) is 20.1. The molecule has 1 aromatic carbocycles. The molecule has 2 unspecified atom stereocenters. The lowest BCUT2D eigenvalue weighted by Crippen LogP contribution is -2.56. The average Bonchev–Trinajstić information content (AvgIpc) is 3.17. The molecule has 1 aromatic rings. The lowest BCUT2D eigenvalue weighted by molar-refractivity contribution is -0.144.